The van der Waals surface area contributed by atoms with Gasteiger partial charge in [0.1, 0.15) is 24.9 Å². The van der Waals surface area contributed by atoms with Gasteiger partial charge in [0.2, 0.25) is 6.10 Å². The van der Waals surface area contributed by atoms with Gasteiger partial charge >= 0.3 is 18.1 Å². The Hall–Kier alpha value is -2.62. The van der Waals surface area contributed by atoms with Crippen LogP contribution in [0.4, 0.5) is 4.79 Å². The van der Waals surface area contributed by atoms with E-state index in [1.807, 2.05) is 0 Å². The number of allylic oxidation sites excluding steroid dienone is 1. The third-order valence-electron chi connectivity index (χ3n) is 16.2. The van der Waals surface area contributed by atoms with Gasteiger partial charge in [-0.25, -0.2) is 9.59 Å². The number of ketones is 1. The molecule has 6 rings (SSSR count). The van der Waals surface area contributed by atoms with Crippen molar-refractivity contribution in [3.05, 3.63) is 11.6 Å². The average Bonchev–Trinajstić information content (AvgIpc) is 3.80. The van der Waals surface area contributed by atoms with Crippen LogP contribution in [0.25, 0.3) is 0 Å². The van der Waals surface area contributed by atoms with E-state index in [0.717, 1.165) is 19.3 Å². The Kier molecular flexibility index (Phi) is 16.2. The second-order valence-corrected chi connectivity index (χ2v) is 20.8. The number of unbranched alkanes of at least 4 members (excludes halogenated alkanes) is 12. The quantitative estimate of drug-likeness (QED) is 0.0549. The van der Waals surface area contributed by atoms with Crippen molar-refractivity contribution < 1.29 is 67.7 Å². The molecule has 14 heteroatoms. The molecule has 0 aromatic carbocycles. The molecule has 3 aliphatic heterocycles. The molecule has 13 atom stereocenters. The van der Waals surface area contributed by atoms with E-state index in [4.69, 9.17) is 33.2 Å². The summed E-state index contributed by atoms with van der Waals surface area (Å²) in [5, 5.41) is 35.9. The Bertz CT molecular complexity index is 1640. The molecule has 3 saturated heterocycles. The fraction of sp³-hybridized carbons (Fsp3) is 0.878. The highest BCUT2D eigenvalue weighted by atomic mass is 16.8. The smallest absolute Gasteiger partial charge is 0.459 e. The second kappa shape index (κ2) is 20.5. The number of rotatable bonds is 22. The normalized spacial score (nSPS) is 37.1. The molecule has 358 valence electrons. The molecule has 2 bridgehead atoms. The fourth-order valence-corrected chi connectivity index (χ4v) is 12.8. The highest BCUT2D eigenvalue weighted by Gasteiger charge is 2.84. The zero-order valence-corrected chi connectivity index (χ0v) is 39.3. The predicted octanol–water partition coefficient (Wildman–Crippen LogP) is 7.50. The Balaban J connectivity index is 1.08. The molecule has 6 aliphatic rings. The third kappa shape index (κ3) is 9.64. The zero-order valence-electron chi connectivity index (χ0n) is 39.3. The molecule has 3 heterocycles. The molecule has 0 aromatic rings. The summed E-state index contributed by atoms with van der Waals surface area (Å²) >= 11 is 0. The molecule has 2 saturated carbocycles. The van der Waals surface area contributed by atoms with Crippen LogP contribution in [0.5, 0.6) is 0 Å². The van der Waals surface area contributed by atoms with E-state index in [2.05, 4.69) is 6.92 Å². The number of carbonyl (C=O) groups is 4. The predicted molar refractivity (Wildman–Crippen MR) is 231 cm³/mol. The van der Waals surface area contributed by atoms with Gasteiger partial charge in [-0.05, 0) is 55.9 Å². The van der Waals surface area contributed by atoms with Crippen LogP contribution in [-0.4, -0.2) is 107 Å². The summed E-state index contributed by atoms with van der Waals surface area (Å²) < 4.78 is 41.7. The summed E-state index contributed by atoms with van der Waals surface area (Å²) in [7, 11) is 0. The van der Waals surface area contributed by atoms with Crippen molar-refractivity contribution in [1.82, 2.24) is 0 Å². The van der Waals surface area contributed by atoms with Crippen LogP contribution in [0.1, 0.15) is 158 Å². The number of hydrogen-bond acceptors (Lipinski definition) is 14. The zero-order chi connectivity index (χ0) is 45.9. The third-order valence-corrected chi connectivity index (χ3v) is 16.2. The minimum atomic E-state index is -2.25. The average molecular weight is 891 g/mol. The topological polar surface area (TPSA) is 194 Å². The van der Waals surface area contributed by atoms with Crippen LogP contribution in [-0.2, 0) is 47.5 Å². The number of ether oxygens (including phenoxy) is 7. The first-order chi connectivity index (χ1) is 29.9. The fourth-order valence-electron chi connectivity index (χ4n) is 12.8. The minimum absolute atomic E-state index is 0.156. The molecule has 0 aromatic heterocycles. The van der Waals surface area contributed by atoms with Crippen LogP contribution in [0, 0.1) is 46.3 Å². The Labute approximate surface area is 374 Å². The van der Waals surface area contributed by atoms with Crippen molar-refractivity contribution in [3.63, 3.8) is 0 Å². The van der Waals surface area contributed by atoms with Crippen LogP contribution in [0.15, 0.2) is 11.6 Å². The van der Waals surface area contributed by atoms with E-state index < -0.39 is 107 Å². The molecule has 14 nitrogen and oxygen atoms in total. The maximum atomic E-state index is 14.1. The Morgan fingerprint density at radius 3 is 2.14 bits per heavy atom. The molecule has 0 amide bonds. The van der Waals surface area contributed by atoms with E-state index in [1.54, 1.807) is 48.5 Å². The molecular formula is C49H78O14. The molecule has 3 aliphatic carbocycles. The monoisotopic (exact) mass is 891 g/mol. The summed E-state index contributed by atoms with van der Waals surface area (Å²) in [6.07, 6.45) is 11.0. The summed E-state index contributed by atoms with van der Waals surface area (Å²) in [6.45, 7) is 14.5. The number of esters is 2. The van der Waals surface area contributed by atoms with E-state index in [9.17, 15) is 34.5 Å². The van der Waals surface area contributed by atoms with Crippen LogP contribution in [0.2, 0.25) is 0 Å². The summed E-state index contributed by atoms with van der Waals surface area (Å²) in [5.41, 5.74) is -3.47. The van der Waals surface area contributed by atoms with Crippen molar-refractivity contribution in [1.29, 1.82) is 0 Å². The van der Waals surface area contributed by atoms with Crippen molar-refractivity contribution in [2.24, 2.45) is 46.3 Å². The van der Waals surface area contributed by atoms with Gasteiger partial charge in [0, 0.05) is 22.7 Å². The van der Waals surface area contributed by atoms with Crippen molar-refractivity contribution in [3.8, 4) is 0 Å². The summed E-state index contributed by atoms with van der Waals surface area (Å²) in [6, 6.07) is 0. The molecule has 1 spiro atoms. The van der Waals surface area contributed by atoms with Crippen molar-refractivity contribution in [2.75, 3.05) is 19.8 Å². The van der Waals surface area contributed by atoms with Gasteiger partial charge < -0.3 is 48.5 Å². The SMILES string of the molecule is CCCCCCCCCCCCCCCC1OCC(COC(=O)O[C@@H]2C(=O)C=C(C)[C@H]3C[C@H]4OC(=O)C(OC(=O)CC(O)(C(C)C)C(C)C)C5[C@@H](C)[C@@H](O)[C@@]6(O)OC[C@@]54C6[C@]32C)O1. The van der Waals surface area contributed by atoms with Crippen LogP contribution >= 0.6 is 0 Å². The van der Waals surface area contributed by atoms with E-state index in [1.165, 1.54) is 76.7 Å². The lowest BCUT2D eigenvalue weighted by atomic mass is 9.38. The van der Waals surface area contributed by atoms with Gasteiger partial charge in [0.15, 0.2) is 24.0 Å². The number of aliphatic hydroxyl groups is 3. The lowest BCUT2D eigenvalue weighted by Crippen LogP contribution is -2.78. The molecule has 5 unspecified atom stereocenters. The number of carbonyl (C=O) groups excluding carboxylic acids is 4. The van der Waals surface area contributed by atoms with Gasteiger partial charge in [-0.15, -0.1) is 0 Å². The van der Waals surface area contributed by atoms with Gasteiger partial charge in [-0.3, -0.25) is 9.59 Å². The second-order valence-electron chi connectivity index (χ2n) is 20.8. The molecule has 3 N–H and O–H groups in total. The molecule has 0 radical (unpaired) electrons. The molecular weight excluding hydrogens is 813 g/mol. The van der Waals surface area contributed by atoms with Crippen LogP contribution in [0.3, 0.4) is 0 Å². The van der Waals surface area contributed by atoms with E-state index in [-0.39, 0.29) is 44.5 Å². The van der Waals surface area contributed by atoms with Gasteiger partial charge in [0.25, 0.3) is 0 Å². The largest absolute Gasteiger partial charge is 0.509 e. The first-order valence-electron chi connectivity index (χ1n) is 24.3. The Morgan fingerprint density at radius 2 is 1.54 bits per heavy atom. The number of aliphatic hydroxyl groups excluding tert-OH is 1. The maximum absolute atomic E-state index is 14.1. The highest BCUT2D eigenvalue weighted by molar-refractivity contribution is 5.97. The first kappa shape index (κ1) is 49.8. The van der Waals surface area contributed by atoms with Crippen LogP contribution < -0.4 is 0 Å². The maximum Gasteiger partial charge on any atom is 0.509 e. The highest BCUT2D eigenvalue weighted by Crippen LogP contribution is 2.74. The summed E-state index contributed by atoms with van der Waals surface area (Å²) in [4.78, 5) is 55.2. The standard InChI is InChI=1S/C49H78O14/c1-9-10-11-12-13-14-15-16-17-18-19-20-21-22-38-57-26-33(60-38)27-58-45(54)63-42-35(50)23-31(6)34-24-36-47-28-59-49(56,44(47)46(34,42)8)41(52)32(7)39(47)40(43(53)61-36)62-37(51)25-48(55,29(2)3)30(4)5/h23,29-30,32-34,36,38-42,44,52,55-56H,9-22,24-28H2,1-8H3/t32-,33?,34-,36-,38?,39?,40?,41-,42-,44?,46-,47+,49-/m1/s1. The minimum Gasteiger partial charge on any atom is -0.459 e. The number of hydrogen-bond donors (Lipinski definition) is 3. The lowest BCUT2D eigenvalue weighted by Gasteiger charge is -2.68. The van der Waals surface area contributed by atoms with E-state index in [0.29, 0.717) is 5.57 Å². The van der Waals surface area contributed by atoms with Crippen molar-refractivity contribution in [2.45, 2.75) is 206 Å². The van der Waals surface area contributed by atoms with Gasteiger partial charge in [0.05, 0.1) is 25.2 Å². The number of fused-ring (bicyclic) bond motifs is 1. The summed E-state index contributed by atoms with van der Waals surface area (Å²) in [5.74, 6) is -8.49. The first-order valence-corrected chi connectivity index (χ1v) is 24.3. The molecule has 5 fully saturated rings. The van der Waals surface area contributed by atoms with Gasteiger partial charge in [-0.2, -0.15) is 0 Å². The van der Waals surface area contributed by atoms with E-state index >= 15 is 0 Å². The molecule has 63 heavy (non-hydrogen) atoms. The van der Waals surface area contributed by atoms with Crippen molar-refractivity contribution >= 4 is 23.9 Å². The van der Waals surface area contributed by atoms with Gasteiger partial charge in [-0.1, -0.05) is 131 Å². The lowest BCUT2D eigenvalue weighted by molar-refractivity contribution is -0.340. The Morgan fingerprint density at radius 1 is 0.937 bits per heavy atom.